The van der Waals surface area contributed by atoms with Crippen LogP contribution >= 0.6 is 0 Å². The number of aromatic nitrogens is 5. The van der Waals surface area contributed by atoms with Gasteiger partial charge in [0.2, 0.25) is 5.95 Å². The molecule has 21 heavy (non-hydrogen) atoms. The van der Waals surface area contributed by atoms with Gasteiger partial charge in [0, 0.05) is 19.3 Å². The van der Waals surface area contributed by atoms with Gasteiger partial charge in [-0.15, -0.1) is 10.2 Å². The van der Waals surface area contributed by atoms with Crippen LogP contribution in [0, 0.1) is 6.92 Å². The third-order valence-electron chi connectivity index (χ3n) is 4.30. The zero-order valence-corrected chi connectivity index (χ0v) is 13.1. The summed E-state index contributed by atoms with van der Waals surface area (Å²) in [6.07, 6.45) is 10.4. The molecular formula is C15H24N6. The maximum absolute atomic E-state index is 4.66. The number of nitrogens with one attached hydrogen (secondary N) is 1. The zero-order valence-electron chi connectivity index (χ0n) is 13.1. The number of nitrogens with zero attached hydrogens (tertiary/aromatic N) is 5. The Balaban J connectivity index is 1.80. The van der Waals surface area contributed by atoms with Crippen LogP contribution in [0.4, 0.5) is 5.95 Å². The second-order valence-electron chi connectivity index (χ2n) is 6.07. The lowest BCUT2D eigenvalue weighted by Gasteiger charge is -2.25. The molecule has 2 aromatic heterocycles. The highest BCUT2D eigenvalue weighted by atomic mass is 15.3. The molecular weight excluding hydrogens is 264 g/mol. The molecule has 0 amide bonds. The van der Waals surface area contributed by atoms with Crippen LogP contribution in [0.25, 0.3) is 0 Å². The fourth-order valence-electron chi connectivity index (χ4n) is 3.20. The molecule has 114 valence electrons. The van der Waals surface area contributed by atoms with Crippen molar-refractivity contribution in [1.29, 1.82) is 0 Å². The summed E-state index contributed by atoms with van der Waals surface area (Å²) in [5, 5.41) is 11.6. The van der Waals surface area contributed by atoms with Crippen molar-refractivity contribution in [1.82, 2.24) is 24.3 Å². The highest BCUT2D eigenvalue weighted by Gasteiger charge is 2.21. The Hall–Kier alpha value is -1.85. The molecule has 0 aliphatic heterocycles. The van der Waals surface area contributed by atoms with E-state index >= 15 is 0 Å². The second kappa shape index (κ2) is 5.87. The molecule has 1 saturated carbocycles. The second-order valence-corrected chi connectivity index (χ2v) is 6.07. The molecule has 0 saturated heterocycles. The maximum atomic E-state index is 4.66. The number of imidazole rings is 1. The van der Waals surface area contributed by atoms with Gasteiger partial charge in [-0.1, -0.05) is 19.3 Å². The fourth-order valence-corrected chi connectivity index (χ4v) is 3.20. The van der Waals surface area contributed by atoms with Crippen LogP contribution in [0.3, 0.4) is 0 Å². The third-order valence-corrected chi connectivity index (χ3v) is 4.30. The van der Waals surface area contributed by atoms with Gasteiger partial charge in [-0.3, -0.25) is 0 Å². The van der Waals surface area contributed by atoms with Crippen molar-refractivity contribution in [2.24, 2.45) is 7.05 Å². The van der Waals surface area contributed by atoms with E-state index in [1.807, 2.05) is 11.6 Å². The molecule has 1 unspecified atom stereocenters. The monoisotopic (exact) mass is 288 g/mol. The molecule has 1 N–H and O–H groups in total. The molecule has 0 bridgehead atoms. The smallest absolute Gasteiger partial charge is 0.203 e. The topological polar surface area (TPSA) is 60.6 Å². The van der Waals surface area contributed by atoms with Crippen LogP contribution in [-0.2, 0) is 7.05 Å². The van der Waals surface area contributed by atoms with Crippen LogP contribution in [0.15, 0.2) is 12.5 Å². The predicted molar refractivity (Wildman–Crippen MR) is 82.1 cm³/mol. The lowest BCUT2D eigenvalue weighted by Crippen LogP contribution is -2.18. The Kier molecular flexibility index (Phi) is 3.94. The number of rotatable bonds is 4. The van der Waals surface area contributed by atoms with Gasteiger partial charge in [0.05, 0.1) is 11.7 Å². The van der Waals surface area contributed by atoms with E-state index < -0.39 is 0 Å². The first-order valence-electron chi connectivity index (χ1n) is 7.81. The average molecular weight is 288 g/mol. The van der Waals surface area contributed by atoms with Gasteiger partial charge in [0.25, 0.3) is 0 Å². The van der Waals surface area contributed by atoms with Gasteiger partial charge in [0.1, 0.15) is 6.33 Å². The summed E-state index contributed by atoms with van der Waals surface area (Å²) in [5.41, 5.74) is 1.06. The fraction of sp³-hybridized carbons (Fsp3) is 0.667. The summed E-state index contributed by atoms with van der Waals surface area (Å²) in [6, 6.07) is 0.663. The third kappa shape index (κ3) is 2.94. The SMILES string of the molecule is Cc1cn(C2CCCCC2)c(NC(C)c2nncn2C)n1. The quantitative estimate of drug-likeness (QED) is 0.939. The largest absolute Gasteiger partial charge is 0.346 e. The van der Waals surface area contributed by atoms with E-state index in [1.165, 1.54) is 32.1 Å². The van der Waals surface area contributed by atoms with Crippen molar-refractivity contribution < 1.29 is 0 Å². The van der Waals surface area contributed by atoms with E-state index in [9.17, 15) is 0 Å². The summed E-state index contributed by atoms with van der Waals surface area (Å²) >= 11 is 0. The van der Waals surface area contributed by atoms with E-state index in [4.69, 9.17) is 0 Å². The Morgan fingerprint density at radius 1 is 1.29 bits per heavy atom. The van der Waals surface area contributed by atoms with E-state index in [-0.39, 0.29) is 6.04 Å². The molecule has 0 spiro atoms. The minimum Gasteiger partial charge on any atom is -0.346 e. The Bertz CT molecular complexity index is 593. The Morgan fingerprint density at radius 3 is 2.71 bits per heavy atom. The summed E-state index contributed by atoms with van der Waals surface area (Å²) in [6.45, 7) is 4.15. The van der Waals surface area contributed by atoms with Gasteiger partial charge in [-0.05, 0) is 26.7 Å². The molecule has 1 aliphatic rings. The molecule has 0 radical (unpaired) electrons. The maximum Gasteiger partial charge on any atom is 0.203 e. The minimum absolute atomic E-state index is 0.0849. The zero-order chi connectivity index (χ0) is 14.8. The van der Waals surface area contributed by atoms with E-state index in [0.29, 0.717) is 6.04 Å². The molecule has 6 heteroatoms. The van der Waals surface area contributed by atoms with Crippen LogP contribution in [0.1, 0.15) is 62.6 Å². The van der Waals surface area contributed by atoms with Crippen molar-refractivity contribution in [2.45, 2.75) is 58.0 Å². The van der Waals surface area contributed by atoms with Crippen LogP contribution in [-0.4, -0.2) is 24.3 Å². The number of hydrogen-bond acceptors (Lipinski definition) is 4. The standard InChI is InChI=1S/C15H24N6/c1-11-9-21(13-7-5-4-6-8-13)15(17-11)18-12(2)14-19-16-10-20(14)3/h9-10,12-13H,4-8H2,1-3H3,(H,17,18). The molecule has 6 nitrogen and oxygen atoms in total. The number of hydrogen-bond donors (Lipinski definition) is 1. The first-order chi connectivity index (χ1) is 10.1. The molecule has 3 rings (SSSR count). The minimum atomic E-state index is 0.0849. The van der Waals surface area contributed by atoms with Crippen molar-refractivity contribution in [2.75, 3.05) is 5.32 Å². The van der Waals surface area contributed by atoms with Crippen molar-refractivity contribution in [3.05, 3.63) is 24.0 Å². The highest BCUT2D eigenvalue weighted by molar-refractivity contribution is 5.32. The summed E-state index contributed by atoms with van der Waals surface area (Å²) < 4.78 is 4.26. The molecule has 1 atom stereocenters. The molecule has 1 fully saturated rings. The first-order valence-corrected chi connectivity index (χ1v) is 7.81. The Morgan fingerprint density at radius 2 is 2.05 bits per heavy atom. The Labute approximate surface area is 125 Å². The van der Waals surface area contributed by atoms with Gasteiger partial charge in [-0.25, -0.2) is 4.98 Å². The van der Waals surface area contributed by atoms with Gasteiger partial charge < -0.3 is 14.5 Å². The molecule has 1 aliphatic carbocycles. The van der Waals surface area contributed by atoms with Crippen molar-refractivity contribution in [3.63, 3.8) is 0 Å². The lowest BCUT2D eigenvalue weighted by atomic mass is 9.95. The lowest BCUT2D eigenvalue weighted by molar-refractivity contribution is 0.355. The summed E-state index contributed by atoms with van der Waals surface area (Å²) in [5.74, 6) is 1.88. The van der Waals surface area contributed by atoms with Crippen molar-refractivity contribution >= 4 is 5.95 Å². The van der Waals surface area contributed by atoms with Gasteiger partial charge in [-0.2, -0.15) is 0 Å². The molecule has 0 aromatic carbocycles. The average Bonchev–Trinajstić information content (AvgIpc) is 3.06. The molecule has 2 aromatic rings. The highest BCUT2D eigenvalue weighted by Crippen LogP contribution is 2.31. The number of aryl methyl sites for hydroxylation is 2. The molecule has 2 heterocycles. The normalized spacial score (nSPS) is 17.9. The first kappa shape index (κ1) is 14.1. The van der Waals surface area contributed by atoms with Gasteiger partial charge in [0.15, 0.2) is 5.82 Å². The van der Waals surface area contributed by atoms with Crippen molar-refractivity contribution in [3.8, 4) is 0 Å². The van der Waals surface area contributed by atoms with Gasteiger partial charge >= 0.3 is 0 Å². The summed E-state index contributed by atoms with van der Waals surface area (Å²) in [4.78, 5) is 4.66. The number of anilines is 1. The van der Waals surface area contributed by atoms with Crippen LogP contribution in [0.5, 0.6) is 0 Å². The van der Waals surface area contributed by atoms with E-state index in [2.05, 4.69) is 45.1 Å². The van der Waals surface area contributed by atoms with Crippen LogP contribution < -0.4 is 5.32 Å². The van der Waals surface area contributed by atoms with E-state index in [1.54, 1.807) is 6.33 Å². The van der Waals surface area contributed by atoms with E-state index in [0.717, 1.165) is 17.5 Å². The predicted octanol–water partition coefficient (Wildman–Crippen LogP) is 3.00. The summed E-state index contributed by atoms with van der Waals surface area (Å²) in [7, 11) is 1.96. The van der Waals surface area contributed by atoms with Crippen LogP contribution in [0.2, 0.25) is 0 Å².